The smallest absolute Gasteiger partial charge is 0.331 e. The standard InChI is InChI=1S/C30H26O12/c1-14-24(36)26(38)29(41-22(35)11-4-15-2-7-17(31)8-3-15)30(39-14)42-28-25(37)23-20(34)12-19(33)13-21(23)40-27(28)16-5-9-18(32)10-6-16/h2-14,24,26,29-34,36,38H,1H3/b11-4+/t14-,24-,26+,29-,30-/m0/s1. The van der Waals surface area contributed by atoms with Crippen molar-refractivity contribution in [3.05, 3.63) is 82.5 Å². The third-order valence-corrected chi connectivity index (χ3v) is 6.62. The van der Waals surface area contributed by atoms with E-state index >= 15 is 0 Å². The Kier molecular flexibility index (Phi) is 7.77. The molecule has 6 N–H and O–H groups in total. The van der Waals surface area contributed by atoms with Gasteiger partial charge < -0.3 is 49.3 Å². The van der Waals surface area contributed by atoms with Gasteiger partial charge >= 0.3 is 5.97 Å². The van der Waals surface area contributed by atoms with Gasteiger partial charge in [-0.15, -0.1) is 0 Å². The largest absolute Gasteiger partial charge is 0.508 e. The van der Waals surface area contributed by atoms with Crippen LogP contribution in [0.4, 0.5) is 0 Å². The molecule has 5 rings (SSSR count). The van der Waals surface area contributed by atoms with Gasteiger partial charge in [0.05, 0.1) is 6.10 Å². The third kappa shape index (κ3) is 5.72. The predicted octanol–water partition coefficient (Wildman–Crippen LogP) is 2.75. The van der Waals surface area contributed by atoms with Crippen molar-refractivity contribution in [2.24, 2.45) is 0 Å². The molecule has 0 bridgehead atoms. The van der Waals surface area contributed by atoms with Gasteiger partial charge in [-0.2, -0.15) is 0 Å². The lowest BCUT2D eigenvalue weighted by Gasteiger charge is -2.40. The van der Waals surface area contributed by atoms with Crippen LogP contribution in [0, 0.1) is 0 Å². The van der Waals surface area contributed by atoms with Crippen molar-refractivity contribution in [2.45, 2.75) is 37.6 Å². The maximum absolute atomic E-state index is 13.7. The molecular formula is C30H26O12. The highest BCUT2D eigenvalue weighted by Crippen LogP contribution is 2.37. The fourth-order valence-corrected chi connectivity index (χ4v) is 4.44. The highest BCUT2D eigenvalue weighted by Gasteiger charge is 2.47. The van der Waals surface area contributed by atoms with Crippen LogP contribution < -0.4 is 10.2 Å². The maximum Gasteiger partial charge on any atom is 0.331 e. The SMILES string of the molecule is C[C@@H]1O[C@@H](Oc2c(-c3ccc(O)cc3)oc3cc(O)cc(O)c3c2=O)[C@@H](OC(=O)/C=C/c2ccc(O)cc2)[C@H](O)[C@H]1O. The van der Waals surface area contributed by atoms with Crippen LogP contribution in [0.5, 0.6) is 28.7 Å². The number of aliphatic hydroxyl groups is 2. The van der Waals surface area contributed by atoms with Gasteiger partial charge in [0.2, 0.25) is 17.5 Å². The second-order valence-electron chi connectivity index (χ2n) is 9.61. The summed E-state index contributed by atoms with van der Waals surface area (Å²) in [7, 11) is 0. The number of carbonyl (C=O) groups excluding carboxylic acids is 1. The Hall–Kier alpha value is -5.04. The van der Waals surface area contributed by atoms with E-state index in [1.54, 1.807) is 12.1 Å². The fourth-order valence-electron chi connectivity index (χ4n) is 4.44. The van der Waals surface area contributed by atoms with Crippen molar-refractivity contribution < 1.29 is 54.1 Å². The van der Waals surface area contributed by atoms with Crippen LogP contribution in [0.3, 0.4) is 0 Å². The van der Waals surface area contributed by atoms with Crippen LogP contribution >= 0.6 is 0 Å². The van der Waals surface area contributed by atoms with Gasteiger partial charge in [0.15, 0.2) is 11.9 Å². The minimum Gasteiger partial charge on any atom is -0.508 e. The van der Waals surface area contributed by atoms with E-state index in [2.05, 4.69) is 0 Å². The summed E-state index contributed by atoms with van der Waals surface area (Å²) in [6.45, 7) is 1.44. The van der Waals surface area contributed by atoms with Crippen LogP contribution in [0.1, 0.15) is 12.5 Å². The van der Waals surface area contributed by atoms with Crippen molar-refractivity contribution in [3.63, 3.8) is 0 Å². The molecule has 0 saturated carbocycles. The topological polar surface area (TPSA) is 196 Å². The summed E-state index contributed by atoms with van der Waals surface area (Å²) >= 11 is 0. The normalized spacial score (nSPS) is 22.3. The molecule has 0 unspecified atom stereocenters. The average Bonchev–Trinajstić information content (AvgIpc) is 2.95. The second kappa shape index (κ2) is 11.4. The van der Waals surface area contributed by atoms with Crippen molar-refractivity contribution in [3.8, 4) is 40.1 Å². The highest BCUT2D eigenvalue weighted by molar-refractivity contribution is 5.88. The molecule has 2 heterocycles. The number of ether oxygens (including phenoxy) is 3. The summed E-state index contributed by atoms with van der Waals surface area (Å²) in [5.41, 5.74) is -0.251. The lowest BCUT2D eigenvalue weighted by molar-refractivity contribution is -0.272. The molecule has 1 aromatic heterocycles. The summed E-state index contributed by atoms with van der Waals surface area (Å²) < 4.78 is 22.9. The monoisotopic (exact) mass is 578 g/mol. The van der Waals surface area contributed by atoms with Crippen molar-refractivity contribution >= 4 is 23.0 Å². The van der Waals surface area contributed by atoms with E-state index in [1.165, 1.54) is 49.4 Å². The average molecular weight is 579 g/mol. The molecule has 1 saturated heterocycles. The molecule has 12 heteroatoms. The van der Waals surface area contributed by atoms with Gasteiger partial charge in [0.1, 0.15) is 46.2 Å². The van der Waals surface area contributed by atoms with E-state index in [0.717, 1.165) is 18.2 Å². The summed E-state index contributed by atoms with van der Waals surface area (Å²) in [4.78, 5) is 26.4. The van der Waals surface area contributed by atoms with Gasteiger partial charge in [-0.25, -0.2) is 4.79 Å². The van der Waals surface area contributed by atoms with Crippen molar-refractivity contribution in [2.75, 3.05) is 0 Å². The number of hydrogen-bond donors (Lipinski definition) is 6. The molecular weight excluding hydrogens is 552 g/mol. The van der Waals surface area contributed by atoms with E-state index in [9.17, 15) is 40.2 Å². The Bertz CT molecular complexity index is 1690. The lowest BCUT2D eigenvalue weighted by Crippen LogP contribution is -2.59. The summed E-state index contributed by atoms with van der Waals surface area (Å²) in [6.07, 6.45) is -5.03. The Balaban J connectivity index is 1.54. The van der Waals surface area contributed by atoms with E-state index in [-0.39, 0.29) is 39.5 Å². The molecule has 0 radical (unpaired) electrons. The first-order valence-corrected chi connectivity index (χ1v) is 12.7. The second-order valence-corrected chi connectivity index (χ2v) is 9.61. The van der Waals surface area contributed by atoms with Gasteiger partial charge in [0.25, 0.3) is 0 Å². The first-order chi connectivity index (χ1) is 20.0. The number of esters is 1. The molecule has 1 fully saturated rings. The molecule has 1 aliphatic rings. The van der Waals surface area contributed by atoms with Crippen molar-refractivity contribution in [1.29, 1.82) is 0 Å². The number of fused-ring (bicyclic) bond motifs is 1. The number of phenolic OH excluding ortho intramolecular Hbond substituents is 4. The molecule has 0 spiro atoms. The maximum atomic E-state index is 13.7. The molecule has 3 aromatic carbocycles. The Labute approximate surface area is 237 Å². The fraction of sp³-hybridized carbons (Fsp3) is 0.200. The van der Waals surface area contributed by atoms with Crippen LogP contribution in [-0.4, -0.2) is 67.3 Å². The Morgan fingerprint density at radius 1 is 0.881 bits per heavy atom. The first kappa shape index (κ1) is 28.5. The van der Waals surface area contributed by atoms with E-state index in [1.807, 2.05) is 0 Å². The van der Waals surface area contributed by atoms with Crippen molar-refractivity contribution in [1.82, 2.24) is 0 Å². The Morgan fingerprint density at radius 2 is 1.52 bits per heavy atom. The quantitative estimate of drug-likeness (QED) is 0.145. The molecule has 0 aliphatic carbocycles. The van der Waals surface area contributed by atoms with E-state index in [4.69, 9.17) is 18.6 Å². The number of aromatic hydroxyl groups is 4. The van der Waals surface area contributed by atoms with Gasteiger partial charge in [-0.05, 0) is 55.0 Å². The molecule has 4 aromatic rings. The van der Waals surface area contributed by atoms with Crippen LogP contribution in [-0.2, 0) is 14.3 Å². The predicted molar refractivity (Wildman–Crippen MR) is 147 cm³/mol. The van der Waals surface area contributed by atoms with Gasteiger partial charge in [-0.1, -0.05) is 12.1 Å². The van der Waals surface area contributed by atoms with E-state index in [0.29, 0.717) is 5.56 Å². The molecule has 0 amide bonds. The number of aliphatic hydroxyl groups excluding tert-OH is 2. The first-order valence-electron chi connectivity index (χ1n) is 12.7. The molecule has 42 heavy (non-hydrogen) atoms. The van der Waals surface area contributed by atoms with Crippen LogP contribution in [0.25, 0.3) is 28.4 Å². The zero-order valence-corrected chi connectivity index (χ0v) is 21.9. The van der Waals surface area contributed by atoms with Gasteiger partial charge in [-0.3, -0.25) is 4.79 Å². The number of rotatable bonds is 6. The zero-order valence-electron chi connectivity index (χ0n) is 21.9. The molecule has 5 atom stereocenters. The molecule has 1 aliphatic heterocycles. The summed E-state index contributed by atoms with van der Waals surface area (Å²) in [6, 6.07) is 13.5. The minimum absolute atomic E-state index is 0.0373. The van der Waals surface area contributed by atoms with Gasteiger partial charge in [0, 0.05) is 23.8 Å². The number of hydrogen-bond acceptors (Lipinski definition) is 12. The Morgan fingerprint density at radius 3 is 2.19 bits per heavy atom. The molecule has 218 valence electrons. The number of carbonyl (C=O) groups is 1. The number of benzene rings is 3. The van der Waals surface area contributed by atoms with Crippen LogP contribution in [0.15, 0.2) is 76.0 Å². The minimum atomic E-state index is -1.69. The van der Waals surface area contributed by atoms with Crippen LogP contribution in [0.2, 0.25) is 0 Å². The summed E-state index contributed by atoms with van der Waals surface area (Å²) in [5.74, 6) is -2.64. The third-order valence-electron chi connectivity index (χ3n) is 6.62. The molecule has 12 nitrogen and oxygen atoms in total. The van der Waals surface area contributed by atoms with E-state index < -0.39 is 53.6 Å². The summed E-state index contributed by atoms with van der Waals surface area (Å²) in [5, 5.41) is 60.4. The highest BCUT2D eigenvalue weighted by atomic mass is 16.7. The number of phenols is 4. The lowest BCUT2D eigenvalue weighted by atomic mass is 9.99. The zero-order chi connectivity index (χ0) is 30.1.